The number of carbonyl (C=O) groups is 1. The molecule has 1 heterocycles. The number of aryl methyl sites for hydroxylation is 1. The Kier molecular flexibility index (Phi) is 6.85. The molecule has 0 amide bonds. The molecule has 0 saturated heterocycles. The van der Waals surface area contributed by atoms with Gasteiger partial charge in [0.05, 0.1) is 17.9 Å². The minimum absolute atomic E-state index is 0.410. The van der Waals surface area contributed by atoms with E-state index in [-0.39, 0.29) is 0 Å². The second-order valence-electron chi connectivity index (χ2n) is 7.91. The standard InChI is InChI=1S/C25H27NO4/c1-18-14-22(29-13-11-25(2,3)28)8-9-23(18)24-15-20(10-12-26-24)17-30-21-6-4-19(16-27)5-7-21/h4-10,12,14-16,28H,11,13,17H2,1-3H3. The number of carbonyl (C=O) groups excluding carboxylic acids is 1. The van der Waals surface area contributed by atoms with E-state index < -0.39 is 5.60 Å². The van der Waals surface area contributed by atoms with Crippen LogP contribution in [0.1, 0.15) is 41.8 Å². The second-order valence-corrected chi connectivity index (χ2v) is 7.91. The summed E-state index contributed by atoms with van der Waals surface area (Å²) in [5, 5.41) is 9.80. The van der Waals surface area contributed by atoms with Crippen molar-refractivity contribution in [1.29, 1.82) is 0 Å². The van der Waals surface area contributed by atoms with E-state index in [0.29, 0.717) is 30.9 Å². The first-order valence-electron chi connectivity index (χ1n) is 9.93. The second kappa shape index (κ2) is 9.55. The molecule has 1 aromatic heterocycles. The number of aromatic nitrogens is 1. The third kappa shape index (κ3) is 6.16. The van der Waals surface area contributed by atoms with Crippen LogP contribution < -0.4 is 9.47 Å². The number of benzene rings is 2. The summed E-state index contributed by atoms with van der Waals surface area (Å²) < 4.78 is 11.6. The van der Waals surface area contributed by atoms with E-state index in [9.17, 15) is 9.90 Å². The van der Waals surface area contributed by atoms with Gasteiger partial charge in [0.15, 0.2) is 0 Å². The molecule has 3 rings (SSSR count). The molecular formula is C25H27NO4. The average molecular weight is 405 g/mol. The van der Waals surface area contributed by atoms with Gasteiger partial charge in [0, 0.05) is 23.7 Å². The monoisotopic (exact) mass is 405 g/mol. The summed E-state index contributed by atoms with van der Waals surface area (Å²) in [5.41, 5.74) is 3.85. The number of nitrogens with zero attached hydrogens (tertiary/aromatic N) is 1. The first kappa shape index (κ1) is 21.5. The fourth-order valence-corrected chi connectivity index (χ4v) is 2.95. The summed E-state index contributed by atoms with van der Waals surface area (Å²) in [6, 6.07) is 16.9. The highest BCUT2D eigenvalue weighted by Gasteiger charge is 2.12. The lowest BCUT2D eigenvalue weighted by Gasteiger charge is -2.17. The molecule has 5 nitrogen and oxygen atoms in total. The van der Waals surface area contributed by atoms with Crippen LogP contribution in [-0.2, 0) is 6.61 Å². The van der Waals surface area contributed by atoms with Crippen molar-refractivity contribution in [2.45, 2.75) is 39.4 Å². The molecule has 0 aliphatic rings. The molecule has 1 N–H and O–H groups in total. The Balaban J connectivity index is 1.66. The number of rotatable bonds is 9. The van der Waals surface area contributed by atoms with Crippen molar-refractivity contribution in [3.8, 4) is 22.8 Å². The van der Waals surface area contributed by atoms with Crippen LogP contribution in [0.5, 0.6) is 11.5 Å². The Labute approximate surface area is 177 Å². The molecule has 2 aromatic carbocycles. The summed E-state index contributed by atoms with van der Waals surface area (Å²) in [7, 11) is 0. The highest BCUT2D eigenvalue weighted by Crippen LogP contribution is 2.27. The molecule has 0 saturated carbocycles. The van der Waals surface area contributed by atoms with Gasteiger partial charge in [0.1, 0.15) is 24.4 Å². The van der Waals surface area contributed by atoms with E-state index in [4.69, 9.17) is 9.47 Å². The molecule has 0 aliphatic carbocycles. The number of aliphatic hydroxyl groups is 1. The van der Waals surface area contributed by atoms with Gasteiger partial charge < -0.3 is 14.6 Å². The van der Waals surface area contributed by atoms with Gasteiger partial charge in [0.2, 0.25) is 0 Å². The van der Waals surface area contributed by atoms with E-state index in [0.717, 1.165) is 34.4 Å². The van der Waals surface area contributed by atoms with Crippen LogP contribution in [0.25, 0.3) is 11.3 Å². The van der Waals surface area contributed by atoms with Crippen molar-refractivity contribution < 1.29 is 19.4 Å². The van der Waals surface area contributed by atoms with E-state index in [2.05, 4.69) is 4.98 Å². The van der Waals surface area contributed by atoms with Crippen LogP contribution >= 0.6 is 0 Å². The molecule has 0 atom stereocenters. The van der Waals surface area contributed by atoms with Crippen molar-refractivity contribution in [3.05, 3.63) is 77.5 Å². The fourth-order valence-electron chi connectivity index (χ4n) is 2.95. The number of hydrogen-bond donors (Lipinski definition) is 1. The largest absolute Gasteiger partial charge is 0.493 e. The Morgan fingerprint density at radius 2 is 1.73 bits per heavy atom. The predicted octanol–water partition coefficient (Wildman–Crippen LogP) is 4.99. The smallest absolute Gasteiger partial charge is 0.150 e. The zero-order valence-corrected chi connectivity index (χ0v) is 17.6. The minimum atomic E-state index is -0.738. The van der Waals surface area contributed by atoms with Crippen LogP contribution in [0.2, 0.25) is 0 Å². The van der Waals surface area contributed by atoms with Crippen LogP contribution in [0.4, 0.5) is 0 Å². The Morgan fingerprint density at radius 1 is 1.00 bits per heavy atom. The number of pyridine rings is 1. The highest BCUT2D eigenvalue weighted by molar-refractivity contribution is 5.74. The molecule has 0 radical (unpaired) electrons. The topological polar surface area (TPSA) is 68.7 Å². The third-order valence-corrected chi connectivity index (χ3v) is 4.70. The molecule has 156 valence electrons. The summed E-state index contributed by atoms with van der Waals surface area (Å²) in [6.45, 7) is 6.44. The maximum atomic E-state index is 10.7. The highest BCUT2D eigenvalue weighted by atomic mass is 16.5. The van der Waals surface area contributed by atoms with E-state index in [1.165, 1.54) is 0 Å². The van der Waals surface area contributed by atoms with Crippen molar-refractivity contribution in [3.63, 3.8) is 0 Å². The maximum Gasteiger partial charge on any atom is 0.150 e. The van der Waals surface area contributed by atoms with Crippen LogP contribution in [0.15, 0.2) is 60.8 Å². The van der Waals surface area contributed by atoms with Gasteiger partial charge in [-0.2, -0.15) is 0 Å². The molecule has 5 heteroatoms. The van der Waals surface area contributed by atoms with Crippen LogP contribution in [0.3, 0.4) is 0 Å². The van der Waals surface area contributed by atoms with Crippen LogP contribution in [-0.4, -0.2) is 28.6 Å². The zero-order valence-electron chi connectivity index (χ0n) is 17.6. The minimum Gasteiger partial charge on any atom is -0.493 e. The normalized spacial score (nSPS) is 11.2. The maximum absolute atomic E-state index is 10.7. The molecule has 30 heavy (non-hydrogen) atoms. The lowest BCUT2D eigenvalue weighted by Crippen LogP contribution is -2.21. The first-order chi connectivity index (χ1) is 14.3. The van der Waals surface area contributed by atoms with Crippen LogP contribution in [0, 0.1) is 6.92 Å². The SMILES string of the molecule is Cc1cc(OCCC(C)(C)O)ccc1-c1cc(COc2ccc(C=O)cc2)ccn1. The van der Waals surface area contributed by atoms with Crippen molar-refractivity contribution in [2.75, 3.05) is 6.61 Å². The average Bonchev–Trinajstić information content (AvgIpc) is 2.72. The van der Waals surface area contributed by atoms with Gasteiger partial charge in [-0.25, -0.2) is 0 Å². The zero-order chi connectivity index (χ0) is 21.6. The van der Waals surface area contributed by atoms with Gasteiger partial charge in [-0.05, 0) is 86.5 Å². The van der Waals surface area contributed by atoms with E-state index in [1.54, 1.807) is 44.3 Å². The number of hydrogen-bond acceptors (Lipinski definition) is 5. The molecule has 0 spiro atoms. The molecule has 0 aliphatic heterocycles. The third-order valence-electron chi connectivity index (χ3n) is 4.70. The molecule has 0 bridgehead atoms. The number of aldehydes is 1. The van der Waals surface area contributed by atoms with Crippen molar-refractivity contribution in [1.82, 2.24) is 4.98 Å². The Bertz CT molecular complexity index is 991. The molecule has 3 aromatic rings. The van der Waals surface area contributed by atoms with E-state index in [1.807, 2.05) is 37.3 Å². The van der Waals surface area contributed by atoms with Crippen molar-refractivity contribution in [2.24, 2.45) is 0 Å². The lowest BCUT2D eigenvalue weighted by molar-refractivity contribution is 0.0553. The quantitative estimate of drug-likeness (QED) is 0.508. The molecule has 0 fully saturated rings. The van der Waals surface area contributed by atoms with Gasteiger partial charge in [-0.15, -0.1) is 0 Å². The summed E-state index contributed by atoms with van der Waals surface area (Å²) in [6.07, 6.45) is 3.15. The fraction of sp³-hybridized carbons (Fsp3) is 0.280. The first-order valence-corrected chi connectivity index (χ1v) is 9.93. The van der Waals surface area contributed by atoms with Gasteiger partial charge in [-0.3, -0.25) is 9.78 Å². The predicted molar refractivity (Wildman–Crippen MR) is 117 cm³/mol. The lowest BCUT2D eigenvalue weighted by atomic mass is 10.0. The van der Waals surface area contributed by atoms with E-state index >= 15 is 0 Å². The van der Waals surface area contributed by atoms with Crippen molar-refractivity contribution >= 4 is 6.29 Å². The van der Waals surface area contributed by atoms with Gasteiger partial charge in [-0.1, -0.05) is 0 Å². The van der Waals surface area contributed by atoms with Gasteiger partial charge >= 0.3 is 0 Å². The molecule has 0 unspecified atom stereocenters. The Morgan fingerprint density at radius 3 is 2.40 bits per heavy atom. The summed E-state index contributed by atoms with van der Waals surface area (Å²) >= 11 is 0. The summed E-state index contributed by atoms with van der Waals surface area (Å²) in [4.78, 5) is 15.2. The number of ether oxygens (including phenoxy) is 2. The Hall–Kier alpha value is -3.18. The molecular weight excluding hydrogens is 378 g/mol. The summed E-state index contributed by atoms with van der Waals surface area (Å²) in [5.74, 6) is 1.49. The van der Waals surface area contributed by atoms with Gasteiger partial charge in [0.25, 0.3) is 0 Å².